The number of nitrogens with one attached hydrogen (secondary N) is 2. The molecule has 1 amide bonds. The van der Waals surface area contributed by atoms with Gasteiger partial charge < -0.3 is 20.5 Å². The van der Waals surface area contributed by atoms with Crippen LogP contribution < -0.4 is 10.6 Å². The highest BCUT2D eigenvalue weighted by atomic mass is 35.5. The van der Waals surface area contributed by atoms with Crippen molar-refractivity contribution >= 4 is 40.1 Å². The van der Waals surface area contributed by atoms with E-state index in [1.807, 2.05) is 46.8 Å². The SMILES string of the molecule is CC(C)C(=O)c1cnc2ccc(-c3cc(F)c(O)c(Cl)c3)cc2c1N[C@H]1CC[C@H](NC(=O)OC(C)(C)C)CC1. The number of phenols is 1. The molecule has 1 fully saturated rings. The second-order valence-corrected chi connectivity index (χ2v) is 11.8. The molecule has 4 rings (SSSR count). The minimum Gasteiger partial charge on any atom is -0.504 e. The van der Waals surface area contributed by atoms with Gasteiger partial charge in [0.15, 0.2) is 17.3 Å². The summed E-state index contributed by atoms with van der Waals surface area (Å²) in [4.78, 5) is 29.9. The van der Waals surface area contributed by atoms with Crippen molar-refractivity contribution in [2.45, 2.75) is 78.0 Å². The van der Waals surface area contributed by atoms with E-state index in [1.54, 1.807) is 12.3 Å². The predicted molar refractivity (Wildman–Crippen MR) is 152 cm³/mol. The number of ketones is 1. The Morgan fingerprint density at radius 3 is 2.36 bits per heavy atom. The Labute approximate surface area is 233 Å². The molecular weight excluding hydrogens is 521 g/mol. The van der Waals surface area contributed by atoms with E-state index in [9.17, 15) is 19.1 Å². The molecule has 0 unspecified atom stereocenters. The summed E-state index contributed by atoms with van der Waals surface area (Å²) >= 11 is 6.03. The summed E-state index contributed by atoms with van der Waals surface area (Å²) in [7, 11) is 0. The number of aromatic nitrogens is 1. The van der Waals surface area contributed by atoms with Crippen molar-refractivity contribution in [3.05, 3.63) is 52.9 Å². The van der Waals surface area contributed by atoms with Gasteiger partial charge in [0, 0.05) is 29.6 Å². The van der Waals surface area contributed by atoms with Crippen molar-refractivity contribution in [1.82, 2.24) is 10.3 Å². The van der Waals surface area contributed by atoms with Crippen LogP contribution in [-0.4, -0.2) is 39.7 Å². The lowest BCUT2D eigenvalue weighted by molar-refractivity contribution is 0.0492. The zero-order valence-corrected chi connectivity index (χ0v) is 23.7. The van der Waals surface area contributed by atoms with Gasteiger partial charge in [-0.15, -0.1) is 0 Å². The van der Waals surface area contributed by atoms with E-state index in [4.69, 9.17) is 16.3 Å². The summed E-state index contributed by atoms with van der Waals surface area (Å²) in [5.74, 6) is -1.66. The third-order valence-electron chi connectivity index (χ3n) is 6.80. The number of anilines is 1. The van der Waals surface area contributed by atoms with E-state index < -0.39 is 23.3 Å². The van der Waals surface area contributed by atoms with E-state index in [0.717, 1.165) is 31.1 Å². The minimum atomic E-state index is -0.811. The quantitative estimate of drug-likeness (QED) is 0.272. The van der Waals surface area contributed by atoms with Crippen LogP contribution in [0.25, 0.3) is 22.0 Å². The molecule has 3 aromatic rings. The van der Waals surface area contributed by atoms with Crippen LogP contribution in [0, 0.1) is 11.7 Å². The molecule has 0 aliphatic heterocycles. The van der Waals surface area contributed by atoms with Gasteiger partial charge in [-0.25, -0.2) is 9.18 Å². The molecule has 2 aromatic carbocycles. The number of halogens is 2. The van der Waals surface area contributed by atoms with Crippen molar-refractivity contribution in [3.63, 3.8) is 0 Å². The van der Waals surface area contributed by atoms with Gasteiger partial charge in [0.2, 0.25) is 0 Å². The fourth-order valence-electron chi connectivity index (χ4n) is 4.82. The highest BCUT2D eigenvalue weighted by Crippen LogP contribution is 2.36. The number of pyridine rings is 1. The molecule has 0 atom stereocenters. The van der Waals surface area contributed by atoms with E-state index in [1.165, 1.54) is 12.1 Å². The van der Waals surface area contributed by atoms with Crippen molar-refractivity contribution in [1.29, 1.82) is 0 Å². The van der Waals surface area contributed by atoms with Crippen molar-refractivity contribution in [2.75, 3.05) is 5.32 Å². The van der Waals surface area contributed by atoms with Gasteiger partial charge >= 0.3 is 6.09 Å². The fraction of sp³-hybridized carbons (Fsp3) is 0.433. The summed E-state index contributed by atoms with van der Waals surface area (Å²) in [6.45, 7) is 9.20. The van der Waals surface area contributed by atoms with Gasteiger partial charge in [0.25, 0.3) is 0 Å². The number of hydrogen-bond donors (Lipinski definition) is 3. The number of nitrogens with zero attached hydrogens (tertiary/aromatic N) is 1. The maximum absolute atomic E-state index is 14.2. The summed E-state index contributed by atoms with van der Waals surface area (Å²) in [5.41, 5.74) is 2.49. The number of phenolic OH excluding ortho intramolecular Hbond substituents is 1. The van der Waals surface area contributed by atoms with E-state index in [-0.39, 0.29) is 28.8 Å². The highest BCUT2D eigenvalue weighted by Gasteiger charge is 2.27. The van der Waals surface area contributed by atoms with Crippen LogP contribution in [0.1, 0.15) is 70.7 Å². The third kappa shape index (κ3) is 6.79. The summed E-state index contributed by atoms with van der Waals surface area (Å²) in [6.07, 6.45) is 4.31. The first-order valence-corrected chi connectivity index (χ1v) is 13.6. The molecule has 39 heavy (non-hydrogen) atoms. The Morgan fingerprint density at radius 2 is 1.74 bits per heavy atom. The minimum absolute atomic E-state index is 0.0181. The molecule has 1 aliphatic rings. The molecule has 1 aliphatic carbocycles. The molecule has 3 N–H and O–H groups in total. The highest BCUT2D eigenvalue weighted by molar-refractivity contribution is 6.32. The molecule has 9 heteroatoms. The molecular formula is C30H35ClFN3O4. The Hall–Kier alpha value is -3.39. The number of amides is 1. The van der Waals surface area contributed by atoms with Crippen molar-refractivity contribution in [2.24, 2.45) is 5.92 Å². The number of alkyl carbamates (subject to hydrolysis) is 1. The number of hydrogen-bond acceptors (Lipinski definition) is 6. The molecule has 0 bridgehead atoms. The van der Waals surface area contributed by atoms with E-state index >= 15 is 0 Å². The van der Waals surface area contributed by atoms with Crippen LogP contribution in [0.4, 0.5) is 14.9 Å². The second kappa shape index (κ2) is 11.4. The number of rotatable bonds is 6. The van der Waals surface area contributed by atoms with Gasteiger partial charge in [-0.1, -0.05) is 31.5 Å². The second-order valence-electron chi connectivity index (χ2n) is 11.4. The normalized spacial score (nSPS) is 17.7. The largest absolute Gasteiger partial charge is 0.504 e. The summed E-state index contributed by atoms with van der Waals surface area (Å²) in [6, 6.07) is 8.31. The zero-order chi connectivity index (χ0) is 28.5. The number of carbonyl (C=O) groups excluding carboxylic acids is 2. The lowest BCUT2D eigenvalue weighted by atomic mass is 9.90. The van der Waals surface area contributed by atoms with Gasteiger partial charge in [-0.05, 0) is 81.8 Å². The third-order valence-corrected chi connectivity index (χ3v) is 7.09. The van der Waals surface area contributed by atoms with Crippen LogP contribution in [0.5, 0.6) is 5.75 Å². The molecule has 0 saturated heterocycles. The number of benzene rings is 2. The van der Waals surface area contributed by atoms with Gasteiger partial charge in [-0.2, -0.15) is 0 Å². The Kier molecular flexibility index (Phi) is 8.35. The van der Waals surface area contributed by atoms with Gasteiger partial charge in [0.05, 0.1) is 21.8 Å². The molecule has 1 heterocycles. The number of carbonyl (C=O) groups is 2. The Bertz CT molecular complexity index is 1370. The maximum Gasteiger partial charge on any atom is 0.407 e. The number of Topliss-reactive ketones (excluding diaryl/α,β-unsaturated/α-hetero) is 1. The number of fused-ring (bicyclic) bond motifs is 1. The van der Waals surface area contributed by atoms with Crippen LogP contribution in [-0.2, 0) is 4.74 Å². The van der Waals surface area contributed by atoms with E-state index in [0.29, 0.717) is 27.9 Å². The monoisotopic (exact) mass is 555 g/mol. The van der Waals surface area contributed by atoms with Crippen LogP contribution in [0.15, 0.2) is 36.5 Å². The predicted octanol–water partition coefficient (Wildman–Crippen LogP) is 7.49. The van der Waals surface area contributed by atoms with Crippen LogP contribution in [0.2, 0.25) is 5.02 Å². The first-order valence-electron chi connectivity index (χ1n) is 13.2. The average molecular weight is 556 g/mol. The molecule has 0 spiro atoms. The van der Waals surface area contributed by atoms with E-state index in [2.05, 4.69) is 15.6 Å². The summed E-state index contributed by atoms with van der Waals surface area (Å²) in [5, 5.41) is 17.0. The van der Waals surface area contributed by atoms with Crippen molar-refractivity contribution in [3.8, 4) is 16.9 Å². The fourth-order valence-corrected chi connectivity index (χ4v) is 5.03. The topological polar surface area (TPSA) is 101 Å². The number of ether oxygens (including phenoxy) is 1. The number of aromatic hydroxyl groups is 1. The molecule has 208 valence electrons. The van der Waals surface area contributed by atoms with Crippen LogP contribution >= 0.6 is 11.6 Å². The Balaban J connectivity index is 1.63. The average Bonchev–Trinajstić information content (AvgIpc) is 2.86. The molecule has 0 radical (unpaired) electrons. The lowest BCUT2D eigenvalue weighted by Crippen LogP contribution is -2.42. The molecule has 1 saturated carbocycles. The first kappa shape index (κ1) is 28.6. The summed E-state index contributed by atoms with van der Waals surface area (Å²) < 4.78 is 19.6. The first-order chi connectivity index (χ1) is 18.3. The molecule has 1 aromatic heterocycles. The molecule has 7 nitrogen and oxygen atoms in total. The smallest absolute Gasteiger partial charge is 0.407 e. The van der Waals surface area contributed by atoms with Crippen molar-refractivity contribution < 1.29 is 23.8 Å². The van der Waals surface area contributed by atoms with Crippen LogP contribution in [0.3, 0.4) is 0 Å². The zero-order valence-electron chi connectivity index (χ0n) is 22.9. The maximum atomic E-state index is 14.2. The standard InChI is InChI=1S/C30H35ClFN3O4/c1-16(2)27(36)22-15-33-25-11-6-17(18-13-23(31)28(37)24(32)14-18)12-21(25)26(22)34-19-7-9-20(10-8-19)35-29(38)39-30(3,4)5/h6,11-16,19-20,37H,7-10H2,1-5H3,(H,33,34)(H,35,38)/t19-,20-. The van der Waals surface area contributed by atoms with Gasteiger partial charge in [-0.3, -0.25) is 9.78 Å². The lowest BCUT2D eigenvalue weighted by Gasteiger charge is -2.31. The van der Waals surface area contributed by atoms with Gasteiger partial charge in [0.1, 0.15) is 5.60 Å². The Morgan fingerprint density at radius 1 is 1.08 bits per heavy atom.